The van der Waals surface area contributed by atoms with Crippen LogP contribution >= 0.6 is 0 Å². The molecule has 0 saturated heterocycles. The summed E-state index contributed by atoms with van der Waals surface area (Å²) >= 11 is 0. The second-order valence-corrected chi connectivity index (χ2v) is 10.7. The number of aliphatic hydroxyl groups is 1. The van der Waals surface area contributed by atoms with Gasteiger partial charge in [0.05, 0.1) is 18.4 Å². The number of aliphatic carboxylic acids is 1. The lowest BCUT2D eigenvalue weighted by molar-refractivity contribution is -0.136. The zero-order chi connectivity index (χ0) is 28.9. The van der Waals surface area contributed by atoms with Crippen LogP contribution in [-0.4, -0.2) is 38.5 Å². The third-order valence-corrected chi connectivity index (χ3v) is 6.32. The van der Waals surface area contributed by atoms with Gasteiger partial charge in [0.25, 0.3) is 5.91 Å². The number of hydrogen-bond donors (Lipinski definition) is 3. The fourth-order valence-corrected chi connectivity index (χ4v) is 4.60. The molecule has 1 heterocycles. The molecule has 0 fully saturated rings. The maximum atomic E-state index is 13.6. The molecule has 0 aromatic heterocycles. The Kier molecular flexibility index (Phi) is 9.24. The largest absolute Gasteiger partial charge is 0.481 e. The van der Waals surface area contributed by atoms with Gasteiger partial charge in [-0.25, -0.2) is 4.39 Å². The summed E-state index contributed by atoms with van der Waals surface area (Å²) in [6.07, 6.45) is -0.193. The Morgan fingerprint density at radius 3 is 1.95 bits per heavy atom. The van der Waals surface area contributed by atoms with Crippen molar-refractivity contribution in [3.63, 3.8) is 0 Å². The highest BCUT2D eigenvalue weighted by atomic mass is 19.1. The Balaban J connectivity index is 0.000000771. The molecule has 3 aromatic rings. The lowest BCUT2D eigenvalue weighted by atomic mass is 9.86. The number of anilines is 1. The van der Waals surface area contributed by atoms with Crippen molar-refractivity contribution in [2.75, 3.05) is 5.32 Å². The number of carbonyl (C=O) groups excluding carboxylic acids is 2. The van der Waals surface area contributed by atoms with Crippen molar-refractivity contribution in [3.8, 4) is 0 Å². The van der Waals surface area contributed by atoms with Gasteiger partial charge in [0.15, 0.2) is 0 Å². The number of carbonyl (C=O) groups is 3. The Labute approximate surface area is 228 Å². The zero-order valence-corrected chi connectivity index (χ0v) is 23.0. The lowest BCUT2D eigenvalue weighted by Gasteiger charge is -2.19. The fraction of sp³-hybridized carbons (Fsp3) is 0.323. The summed E-state index contributed by atoms with van der Waals surface area (Å²) in [5, 5.41) is 20.9. The van der Waals surface area contributed by atoms with Crippen LogP contribution in [0.15, 0.2) is 54.6 Å². The number of hydrogen-bond acceptors (Lipinski definition) is 4. The topological polar surface area (TPSA) is 107 Å². The Morgan fingerprint density at radius 1 is 0.897 bits per heavy atom. The first kappa shape index (κ1) is 29.5. The maximum Gasteiger partial charge on any atom is 0.307 e. The summed E-state index contributed by atoms with van der Waals surface area (Å²) in [4.78, 5) is 39.1. The first-order valence-corrected chi connectivity index (χ1v) is 12.7. The van der Waals surface area contributed by atoms with Crippen molar-refractivity contribution in [2.45, 2.75) is 66.2 Å². The summed E-state index contributed by atoms with van der Waals surface area (Å²) in [5.74, 6) is -2.01. The minimum atomic E-state index is -0.988. The first-order valence-electron chi connectivity index (χ1n) is 12.7. The molecule has 3 N–H and O–H groups in total. The van der Waals surface area contributed by atoms with Crippen molar-refractivity contribution >= 4 is 23.5 Å². The maximum absolute atomic E-state index is 13.6. The predicted octanol–water partition coefficient (Wildman–Crippen LogP) is 5.18. The summed E-state index contributed by atoms with van der Waals surface area (Å²) in [5.41, 5.74) is 5.10. The average Bonchev–Trinajstić information content (AvgIpc) is 3.29. The number of fused-ring (bicyclic) bond motifs is 1. The molecule has 2 amide bonds. The van der Waals surface area contributed by atoms with Crippen LogP contribution < -0.4 is 5.32 Å². The minimum Gasteiger partial charge on any atom is -0.481 e. The average molecular weight is 535 g/mol. The molecule has 0 saturated carbocycles. The van der Waals surface area contributed by atoms with Crippen molar-refractivity contribution < 1.29 is 29.0 Å². The Morgan fingerprint density at radius 2 is 1.44 bits per heavy atom. The number of carboxylic acids is 1. The second kappa shape index (κ2) is 12.2. The quantitative estimate of drug-likeness (QED) is 0.404. The van der Waals surface area contributed by atoms with Gasteiger partial charge in [0.1, 0.15) is 5.82 Å². The van der Waals surface area contributed by atoms with Gasteiger partial charge in [-0.3, -0.25) is 14.4 Å². The molecule has 0 bridgehead atoms. The van der Waals surface area contributed by atoms with Gasteiger partial charge >= 0.3 is 5.97 Å². The van der Waals surface area contributed by atoms with Crippen molar-refractivity contribution in [3.05, 3.63) is 99.4 Å². The summed E-state index contributed by atoms with van der Waals surface area (Å²) in [6.45, 7) is 9.56. The summed E-state index contributed by atoms with van der Waals surface area (Å²) < 4.78 is 13.6. The Hall–Kier alpha value is -4.04. The van der Waals surface area contributed by atoms with Gasteiger partial charge < -0.3 is 20.4 Å². The molecule has 4 rings (SSSR count). The first-order chi connectivity index (χ1) is 18.2. The van der Waals surface area contributed by atoms with Crippen LogP contribution in [-0.2, 0) is 35.5 Å². The number of halogens is 1. The third kappa shape index (κ3) is 7.97. The van der Waals surface area contributed by atoms with E-state index >= 15 is 0 Å². The molecular formula is C31H35FN2O5. The van der Waals surface area contributed by atoms with Crippen LogP contribution in [0.5, 0.6) is 0 Å². The van der Waals surface area contributed by atoms with Crippen LogP contribution in [0, 0.1) is 19.7 Å². The highest BCUT2D eigenvalue weighted by Gasteiger charge is 2.31. The lowest BCUT2D eigenvalue weighted by Crippen LogP contribution is -2.25. The van der Waals surface area contributed by atoms with Crippen LogP contribution in [0.2, 0.25) is 0 Å². The molecule has 0 spiro atoms. The highest BCUT2D eigenvalue weighted by Crippen LogP contribution is 2.35. The number of nitrogens with one attached hydrogen (secondary N) is 1. The third-order valence-electron chi connectivity index (χ3n) is 6.32. The number of benzene rings is 3. The Bertz CT molecular complexity index is 1370. The molecule has 0 unspecified atom stereocenters. The second-order valence-electron chi connectivity index (χ2n) is 10.7. The summed E-state index contributed by atoms with van der Waals surface area (Å²) in [7, 11) is 0. The molecule has 1 aliphatic rings. The van der Waals surface area contributed by atoms with Crippen LogP contribution in [0.1, 0.15) is 64.5 Å². The molecule has 206 valence electrons. The minimum absolute atomic E-state index is 0.0231. The van der Waals surface area contributed by atoms with Crippen LogP contribution in [0.25, 0.3) is 0 Å². The molecule has 8 heteroatoms. The standard InChI is InChI=1S/C27H25FN2O4.C4H10O/c1-16-21(12-25(31)29-20-9-4-3-5-10-20)22(13-26(32)33)17(2)24-15-30(14-23(16)24)27(34)18-7-6-8-19(28)11-18;1-4(2,3)5/h3-11H,12-15H2,1-2H3,(H,29,31)(H,32,33);5H,1-3H3. The molecule has 3 aromatic carbocycles. The normalized spacial score (nSPS) is 12.3. The van der Waals surface area contributed by atoms with Crippen LogP contribution in [0.3, 0.4) is 0 Å². The van der Waals surface area contributed by atoms with E-state index in [9.17, 15) is 23.9 Å². The highest BCUT2D eigenvalue weighted by molar-refractivity contribution is 5.95. The van der Waals surface area contributed by atoms with E-state index in [1.54, 1.807) is 43.9 Å². The van der Waals surface area contributed by atoms with Crippen LogP contribution in [0.4, 0.5) is 10.1 Å². The molecule has 39 heavy (non-hydrogen) atoms. The summed E-state index contributed by atoms with van der Waals surface area (Å²) in [6, 6.07) is 14.6. The van der Waals surface area contributed by atoms with E-state index < -0.39 is 17.4 Å². The molecule has 0 aliphatic carbocycles. The molecule has 0 atom stereocenters. The van der Waals surface area contributed by atoms with Crippen molar-refractivity contribution in [1.82, 2.24) is 4.90 Å². The van der Waals surface area contributed by atoms with E-state index in [2.05, 4.69) is 5.32 Å². The predicted molar refractivity (Wildman–Crippen MR) is 148 cm³/mol. The van der Waals surface area contributed by atoms with E-state index in [4.69, 9.17) is 5.11 Å². The van der Waals surface area contributed by atoms with Crippen molar-refractivity contribution in [1.29, 1.82) is 0 Å². The number of rotatable bonds is 6. The van der Waals surface area contributed by atoms with Gasteiger partial charge in [0, 0.05) is 24.3 Å². The molecule has 1 aliphatic heterocycles. The fourth-order valence-electron chi connectivity index (χ4n) is 4.60. The number of para-hydroxylation sites is 1. The van der Waals surface area contributed by atoms with E-state index in [0.29, 0.717) is 29.9 Å². The monoisotopic (exact) mass is 534 g/mol. The van der Waals surface area contributed by atoms with Gasteiger partial charge in [-0.1, -0.05) is 24.3 Å². The molecule has 0 radical (unpaired) electrons. The SMILES string of the molecule is CC(C)(C)O.Cc1c(CC(=O)O)c(CC(=O)Nc2ccccc2)c(C)c2c1CN(C(=O)c1cccc(F)c1)C2. The molecular weight excluding hydrogens is 499 g/mol. The van der Waals surface area contributed by atoms with E-state index in [0.717, 1.165) is 22.3 Å². The van der Waals surface area contributed by atoms with Gasteiger partial charge in [-0.15, -0.1) is 0 Å². The van der Waals surface area contributed by atoms with Gasteiger partial charge in [-0.2, -0.15) is 0 Å². The molecule has 7 nitrogen and oxygen atoms in total. The van der Waals surface area contributed by atoms with E-state index in [1.807, 2.05) is 32.0 Å². The number of carboxylic acid groups (broad SMARTS) is 1. The van der Waals surface area contributed by atoms with Gasteiger partial charge in [-0.05, 0) is 98.3 Å². The van der Waals surface area contributed by atoms with E-state index in [1.165, 1.54) is 18.2 Å². The zero-order valence-electron chi connectivity index (χ0n) is 23.0. The smallest absolute Gasteiger partial charge is 0.307 e. The van der Waals surface area contributed by atoms with Crippen molar-refractivity contribution in [2.24, 2.45) is 0 Å². The van der Waals surface area contributed by atoms with E-state index in [-0.39, 0.29) is 30.2 Å². The number of nitrogens with zero attached hydrogens (tertiary/aromatic N) is 1. The number of amides is 2. The van der Waals surface area contributed by atoms with Gasteiger partial charge in [0.2, 0.25) is 5.91 Å².